The van der Waals surface area contributed by atoms with Crippen LogP contribution in [0.25, 0.3) is 0 Å². The molecule has 2 aromatic rings. The Bertz CT molecular complexity index is 496. The van der Waals surface area contributed by atoms with Gasteiger partial charge in [-0.05, 0) is 36.9 Å². The van der Waals surface area contributed by atoms with Gasteiger partial charge in [0.05, 0.1) is 4.88 Å². The van der Waals surface area contributed by atoms with Crippen molar-refractivity contribution in [2.75, 3.05) is 18.1 Å². The largest absolute Gasteiger partial charge is 0.488 e. The molecule has 0 amide bonds. The lowest BCUT2D eigenvalue weighted by molar-refractivity contribution is 0.309. The molecule has 19 heavy (non-hydrogen) atoms. The molecule has 1 aromatic carbocycles. The average Bonchev–Trinajstić information content (AvgIpc) is 2.91. The van der Waals surface area contributed by atoms with Gasteiger partial charge in [0.2, 0.25) is 0 Å². The van der Waals surface area contributed by atoms with Gasteiger partial charge in [0.1, 0.15) is 12.4 Å². The maximum atomic E-state index is 5.74. The number of ether oxygens (including phenoxy) is 1. The van der Waals surface area contributed by atoms with E-state index in [1.54, 1.807) is 23.1 Å². The highest BCUT2D eigenvalue weighted by atomic mass is 32.2. The molecule has 1 heterocycles. The van der Waals surface area contributed by atoms with Crippen LogP contribution in [0.2, 0.25) is 0 Å². The highest BCUT2D eigenvalue weighted by Gasteiger charge is 2.02. The van der Waals surface area contributed by atoms with Crippen molar-refractivity contribution in [3.63, 3.8) is 0 Å². The van der Waals surface area contributed by atoms with Gasteiger partial charge in [0, 0.05) is 17.6 Å². The Morgan fingerprint density at radius 3 is 2.79 bits per heavy atom. The average molecular weight is 294 g/mol. The number of rotatable bonds is 7. The van der Waals surface area contributed by atoms with Gasteiger partial charge in [-0.2, -0.15) is 0 Å². The minimum Gasteiger partial charge on any atom is -0.488 e. The van der Waals surface area contributed by atoms with Gasteiger partial charge < -0.3 is 10.1 Å². The van der Waals surface area contributed by atoms with Crippen molar-refractivity contribution in [2.24, 2.45) is 0 Å². The number of hydrogen-bond donors (Lipinski definition) is 1. The van der Waals surface area contributed by atoms with E-state index in [2.05, 4.69) is 35.6 Å². The van der Waals surface area contributed by atoms with Gasteiger partial charge in [0.15, 0.2) is 5.13 Å². The number of aromatic nitrogens is 1. The lowest BCUT2D eigenvalue weighted by atomic mass is 10.3. The summed E-state index contributed by atoms with van der Waals surface area (Å²) in [6.07, 6.45) is 5.05. The molecule has 0 saturated carbocycles. The molecule has 1 aromatic heterocycles. The first-order valence-electron chi connectivity index (χ1n) is 6.27. The molecule has 0 aliphatic rings. The highest BCUT2D eigenvalue weighted by molar-refractivity contribution is 7.98. The number of hydrogen-bond acceptors (Lipinski definition) is 5. The third-order valence-electron chi connectivity index (χ3n) is 2.52. The molecule has 0 aliphatic heterocycles. The molecule has 0 saturated heterocycles. The quantitative estimate of drug-likeness (QED) is 0.773. The summed E-state index contributed by atoms with van der Waals surface area (Å²) in [7, 11) is 0. The molecule has 0 atom stereocenters. The molecular weight excluding hydrogens is 276 g/mol. The Morgan fingerprint density at radius 2 is 2.11 bits per heavy atom. The summed E-state index contributed by atoms with van der Waals surface area (Å²) in [6, 6.07) is 8.15. The second-order valence-corrected chi connectivity index (χ2v) is 6.02. The first kappa shape index (κ1) is 14.2. The van der Waals surface area contributed by atoms with Gasteiger partial charge in [-0.15, -0.1) is 11.8 Å². The molecule has 0 radical (unpaired) electrons. The lowest BCUT2D eigenvalue weighted by Crippen LogP contribution is -1.97. The summed E-state index contributed by atoms with van der Waals surface area (Å²) in [6.45, 7) is 3.68. The minimum atomic E-state index is 0.573. The zero-order valence-electron chi connectivity index (χ0n) is 11.2. The van der Waals surface area contributed by atoms with E-state index in [0.717, 1.165) is 28.7 Å². The molecule has 5 heteroatoms. The summed E-state index contributed by atoms with van der Waals surface area (Å²) in [4.78, 5) is 6.70. The van der Waals surface area contributed by atoms with Gasteiger partial charge in [-0.1, -0.05) is 18.3 Å². The van der Waals surface area contributed by atoms with Gasteiger partial charge in [-0.3, -0.25) is 0 Å². The molecular formula is C14H18N2OS2. The Labute approximate surface area is 122 Å². The fourth-order valence-electron chi connectivity index (χ4n) is 1.51. The maximum absolute atomic E-state index is 5.74. The van der Waals surface area contributed by atoms with E-state index in [1.807, 2.05) is 18.3 Å². The fraction of sp³-hybridized carbons (Fsp3) is 0.357. The summed E-state index contributed by atoms with van der Waals surface area (Å²) in [5, 5.41) is 4.25. The van der Waals surface area contributed by atoms with Crippen LogP contribution < -0.4 is 10.1 Å². The normalized spacial score (nSPS) is 10.4. The molecule has 3 nitrogen and oxygen atoms in total. The third-order valence-corrected chi connectivity index (χ3v) is 4.19. The van der Waals surface area contributed by atoms with Crippen LogP contribution >= 0.6 is 23.1 Å². The van der Waals surface area contributed by atoms with E-state index >= 15 is 0 Å². The maximum Gasteiger partial charge on any atom is 0.182 e. The lowest BCUT2D eigenvalue weighted by Gasteiger charge is -2.04. The molecule has 1 N–H and O–H groups in total. The van der Waals surface area contributed by atoms with Crippen LogP contribution in [0.3, 0.4) is 0 Å². The Hall–Kier alpha value is -1.20. The van der Waals surface area contributed by atoms with Crippen molar-refractivity contribution in [1.29, 1.82) is 0 Å². The van der Waals surface area contributed by atoms with Crippen LogP contribution in [0.5, 0.6) is 5.75 Å². The van der Waals surface area contributed by atoms with E-state index < -0.39 is 0 Å². The Kier molecular flexibility index (Phi) is 5.54. The molecule has 0 unspecified atom stereocenters. The zero-order valence-corrected chi connectivity index (χ0v) is 12.8. The molecule has 0 fully saturated rings. The molecule has 0 spiro atoms. The van der Waals surface area contributed by atoms with Gasteiger partial charge in [-0.25, -0.2) is 4.98 Å². The smallest absolute Gasteiger partial charge is 0.182 e. The standard InChI is InChI=1S/C14H18N2OS2/c1-3-8-15-14-16-9-13(19-14)10-17-11-4-6-12(18-2)7-5-11/h4-7,9H,3,8,10H2,1-2H3,(H,15,16). The second kappa shape index (κ2) is 7.40. The predicted octanol–water partition coefficient (Wildman–Crippen LogP) is 4.27. The fourth-order valence-corrected chi connectivity index (χ4v) is 2.67. The number of thiazole rings is 1. The Balaban J connectivity index is 1.85. The number of anilines is 1. The summed E-state index contributed by atoms with van der Waals surface area (Å²) < 4.78 is 5.74. The first-order chi connectivity index (χ1) is 9.31. The van der Waals surface area contributed by atoms with E-state index in [-0.39, 0.29) is 0 Å². The van der Waals surface area contributed by atoms with Gasteiger partial charge in [0.25, 0.3) is 0 Å². The molecule has 0 aliphatic carbocycles. The molecule has 2 rings (SSSR count). The highest BCUT2D eigenvalue weighted by Crippen LogP contribution is 2.22. The molecule has 0 bridgehead atoms. The van der Waals surface area contributed by atoms with Crippen LogP contribution in [-0.2, 0) is 6.61 Å². The predicted molar refractivity (Wildman–Crippen MR) is 83.4 cm³/mol. The topological polar surface area (TPSA) is 34.2 Å². The van der Waals surface area contributed by atoms with E-state index in [0.29, 0.717) is 6.61 Å². The number of thioether (sulfide) groups is 1. The second-order valence-electron chi connectivity index (χ2n) is 4.02. The molecule has 102 valence electrons. The SMILES string of the molecule is CCCNc1ncc(COc2ccc(SC)cc2)s1. The third kappa shape index (κ3) is 4.44. The van der Waals surface area contributed by atoms with Crippen molar-refractivity contribution < 1.29 is 4.74 Å². The van der Waals surface area contributed by atoms with Crippen molar-refractivity contribution in [2.45, 2.75) is 24.8 Å². The first-order valence-corrected chi connectivity index (χ1v) is 8.31. The van der Waals surface area contributed by atoms with Crippen LogP contribution in [0.4, 0.5) is 5.13 Å². The van der Waals surface area contributed by atoms with Crippen LogP contribution in [0, 0.1) is 0 Å². The van der Waals surface area contributed by atoms with Gasteiger partial charge >= 0.3 is 0 Å². The van der Waals surface area contributed by atoms with E-state index in [1.165, 1.54) is 4.90 Å². The van der Waals surface area contributed by atoms with Crippen molar-refractivity contribution in [1.82, 2.24) is 4.98 Å². The van der Waals surface area contributed by atoms with Crippen molar-refractivity contribution in [3.05, 3.63) is 35.3 Å². The monoisotopic (exact) mass is 294 g/mol. The van der Waals surface area contributed by atoms with Crippen LogP contribution in [-0.4, -0.2) is 17.8 Å². The van der Waals surface area contributed by atoms with Crippen LogP contribution in [0.1, 0.15) is 18.2 Å². The van der Waals surface area contributed by atoms with Crippen LogP contribution in [0.15, 0.2) is 35.4 Å². The van der Waals surface area contributed by atoms with E-state index in [4.69, 9.17) is 4.74 Å². The number of benzene rings is 1. The van der Waals surface area contributed by atoms with Crippen molar-refractivity contribution in [3.8, 4) is 5.75 Å². The number of nitrogens with zero attached hydrogens (tertiary/aromatic N) is 1. The number of nitrogens with one attached hydrogen (secondary N) is 1. The summed E-state index contributed by atoms with van der Waals surface area (Å²) >= 11 is 3.38. The summed E-state index contributed by atoms with van der Waals surface area (Å²) in [5.41, 5.74) is 0. The minimum absolute atomic E-state index is 0.573. The van der Waals surface area contributed by atoms with E-state index in [9.17, 15) is 0 Å². The zero-order chi connectivity index (χ0) is 13.5. The Morgan fingerprint density at radius 1 is 1.32 bits per heavy atom. The summed E-state index contributed by atoms with van der Waals surface area (Å²) in [5.74, 6) is 0.897. The van der Waals surface area contributed by atoms with Crippen molar-refractivity contribution >= 4 is 28.2 Å².